The standard InChI is InChI=1S/C25H18FN2O.C14H16NSi.Ir/c1-14-11-15(2)23(16(3)12-14)17-9-10-27-21(13-17)20-6-4-5-18-19-7-8-22(26)28-25(19)29-24(18)20;1-16(2,3)13-9-10-14(15-11-13)12-7-5-4-6-8-12;/h4-5,7-13H,1-3H3;4-7,9-11H,1-3H3;/q2*-1;. The van der Waals surface area contributed by atoms with E-state index < -0.39 is 14.0 Å². The van der Waals surface area contributed by atoms with E-state index in [1.165, 1.54) is 33.5 Å². The second kappa shape index (κ2) is 13.6. The van der Waals surface area contributed by atoms with Crippen molar-refractivity contribution in [3.05, 3.63) is 132 Å². The van der Waals surface area contributed by atoms with Gasteiger partial charge in [-0.2, -0.15) is 9.37 Å². The average molecular weight is 800 g/mol. The van der Waals surface area contributed by atoms with Crippen LogP contribution in [0.3, 0.4) is 0 Å². The summed E-state index contributed by atoms with van der Waals surface area (Å²) in [7, 11) is -1.23. The molecule has 0 atom stereocenters. The monoisotopic (exact) mass is 800 g/mol. The van der Waals surface area contributed by atoms with Gasteiger partial charge >= 0.3 is 0 Å². The van der Waals surface area contributed by atoms with E-state index in [4.69, 9.17) is 4.42 Å². The fourth-order valence-electron chi connectivity index (χ4n) is 5.70. The Morgan fingerprint density at radius 3 is 2.22 bits per heavy atom. The summed E-state index contributed by atoms with van der Waals surface area (Å²) in [5.41, 5.74) is 10.5. The SMILES string of the molecule is C[Si](C)(C)c1ccc(-c2[c-]cccc2)nc1.Cc1cc(C)c(-c2ccnc(-c3[c-]ccc4c3oc3nc(F)ccc34)c2)c(C)c1.[Ir]. The molecule has 0 saturated heterocycles. The molecule has 0 aliphatic rings. The number of aryl methyl sites for hydroxylation is 3. The van der Waals surface area contributed by atoms with Crippen LogP contribution in [0.4, 0.5) is 4.39 Å². The second-order valence-corrected chi connectivity index (χ2v) is 17.4. The van der Waals surface area contributed by atoms with Gasteiger partial charge in [0.1, 0.15) is 0 Å². The zero-order valence-electron chi connectivity index (χ0n) is 26.7. The van der Waals surface area contributed by atoms with E-state index in [9.17, 15) is 4.39 Å². The first kappa shape index (κ1) is 33.1. The van der Waals surface area contributed by atoms with Gasteiger partial charge in [0.05, 0.1) is 13.7 Å². The minimum atomic E-state index is -1.23. The molecule has 0 unspecified atom stereocenters. The maximum atomic E-state index is 13.5. The number of furan rings is 1. The molecular formula is C39H34FIrN3OSi-2. The van der Waals surface area contributed by atoms with Crippen molar-refractivity contribution >= 4 is 35.3 Å². The van der Waals surface area contributed by atoms with E-state index in [0.29, 0.717) is 5.58 Å². The van der Waals surface area contributed by atoms with Crippen LogP contribution in [-0.2, 0) is 20.1 Å². The van der Waals surface area contributed by atoms with Crippen LogP contribution in [0, 0.1) is 38.9 Å². The number of hydrogen-bond donors (Lipinski definition) is 0. The van der Waals surface area contributed by atoms with Gasteiger partial charge in [0.2, 0.25) is 11.7 Å². The van der Waals surface area contributed by atoms with Crippen LogP contribution in [0.5, 0.6) is 0 Å². The zero-order valence-corrected chi connectivity index (χ0v) is 30.1. The topological polar surface area (TPSA) is 51.8 Å². The number of benzene rings is 3. The van der Waals surface area contributed by atoms with E-state index in [1.54, 1.807) is 12.3 Å². The van der Waals surface area contributed by atoms with Crippen LogP contribution in [0.1, 0.15) is 16.7 Å². The maximum absolute atomic E-state index is 13.5. The molecule has 0 fully saturated rings. The number of fused-ring (bicyclic) bond motifs is 3. The van der Waals surface area contributed by atoms with Gasteiger partial charge in [-0.15, -0.1) is 54.1 Å². The molecule has 7 rings (SSSR count). The zero-order chi connectivity index (χ0) is 31.7. The summed E-state index contributed by atoms with van der Waals surface area (Å²) in [6.45, 7) is 13.4. The van der Waals surface area contributed by atoms with Gasteiger partial charge in [-0.3, -0.25) is 0 Å². The van der Waals surface area contributed by atoms with Crippen molar-refractivity contribution in [2.45, 2.75) is 40.4 Å². The Balaban J connectivity index is 0.000000209. The van der Waals surface area contributed by atoms with Gasteiger partial charge in [0.15, 0.2) is 0 Å². The first-order valence-corrected chi connectivity index (χ1v) is 18.5. The molecule has 0 bridgehead atoms. The molecule has 4 heterocycles. The van der Waals surface area contributed by atoms with E-state index in [2.05, 4.69) is 97.8 Å². The number of pyridine rings is 3. The molecule has 0 amide bonds. The number of nitrogens with zero attached hydrogens (tertiary/aromatic N) is 3. The minimum absolute atomic E-state index is 0. The molecule has 0 N–H and O–H groups in total. The normalized spacial score (nSPS) is 11.2. The smallest absolute Gasteiger partial charge is 0.218 e. The van der Waals surface area contributed by atoms with Crippen LogP contribution >= 0.6 is 0 Å². The summed E-state index contributed by atoms with van der Waals surface area (Å²) in [4.78, 5) is 13.0. The number of aromatic nitrogens is 3. The molecule has 3 aromatic carbocycles. The summed E-state index contributed by atoms with van der Waals surface area (Å²) in [5, 5.41) is 3.04. The van der Waals surface area contributed by atoms with Crippen LogP contribution in [0.2, 0.25) is 19.6 Å². The predicted molar refractivity (Wildman–Crippen MR) is 185 cm³/mol. The summed E-state index contributed by atoms with van der Waals surface area (Å²) in [5.74, 6) is -0.562. The van der Waals surface area contributed by atoms with Crippen molar-refractivity contribution in [2.75, 3.05) is 0 Å². The summed E-state index contributed by atoms with van der Waals surface area (Å²) in [6.07, 6.45) is 3.82. The Bertz CT molecular complexity index is 2120. The fraction of sp³-hybridized carbons (Fsp3) is 0.154. The molecular weight excluding hydrogens is 766 g/mol. The Labute approximate surface area is 284 Å². The van der Waals surface area contributed by atoms with Crippen molar-refractivity contribution in [1.29, 1.82) is 0 Å². The van der Waals surface area contributed by atoms with Crippen LogP contribution in [0.15, 0.2) is 102 Å². The molecule has 7 heteroatoms. The Kier molecular flexibility index (Phi) is 9.78. The molecule has 0 spiro atoms. The van der Waals surface area contributed by atoms with Crippen LogP contribution in [0.25, 0.3) is 55.7 Å². The first-order valence-electron chi connectivity index (χ1n) is 15.0. The van der Waals surface area contributed by atoms with E-state index in [1.807, 2.05) is 48.7 Å². The van der Waals surface area contributed by atoms with Gasteiger partial charge in [-0.25, -0.2) is 0 Å². The summed E-state index contributed by atoms with van der Waals surface area (Å²) < 4.78 is 19.4. The maximum Gasteiger partial charge on any atom is 0.218 e. The molecule has 4 nitrogen and oxygen atoms in total. The van der Waals surface area contributed by atoms with Crippen molar-refractivity contribution in [1.82, 2.24) is 15.0 Å². The molecule has 1 radical (unpaired) electrons. The molecule has 0 aliphatic heterocycles. The van der Waals surface area contributed by atoms with E-state index in [0.717, 1.165) is 38.9 Å². The minimum Gasteiger partial charge on any atom is -0.486 e. The van der Waals surface area contributed by atoms with Crippen molar-refractivity contribution in [3.63, 3.8) is 0 Å². The molecule has 46 heavy (non-hydrogen) atoms. The van der Waals surface area contributed by atoms with Gasteiger partial charge in [-0.05, 0) is 77.8 Å². The Hall–Kier alpha value is -4.29. The van der Waals surface area contributed by atoms with Crippen molar-refractivity contribution in [2.24, 2.45) is 0 Å². The third-order valence-corrected chi connectivity index (χ3v) is 9.89. The summed E-state index contributed by atoms with van der Waals surface area (Å²) >= 11 is 0. The fourth-order valence-corrected chi connectivity index (χ4v) is 6.73. The Morgan fingerprint density at radius 2 is 1.54 bits per heavy atom. The number of rotatable bonds is 4. The summed E-state index contributed by atoms with van der Waals surface area (Å²) in [6, 6.07) is 33.9. The molecule has 7 aromatic rings. The van der Waals surface area contributed by atoms with Crippen LogP contribution < -0.4 is 5.19 Å². The predicted octanol–water partition coefficient (Wildman–Crippen LogP) is 9.67. The van der Waals surface area contributed by atoms with Gasteiger partial charge in [0.25, 0.3) is 0 Å². The first-order chi connectivity index (χ1) is 21.6. The van der Waals surface area contributed by atoms with Gasteiger partial charge in [-0.1, -0.05) is 66.5 Å². The van der Waals surface area contributed by atoms with Gasteiger partial charge in [0, 0.05) is 37.9 Å². The molecule has 0 saturated carbocycles. The average Bonchev–Trinajstić information content (AvgIpc) is 3.39. The number of hydrogen-bond acceptors (Lipinski definition) is 4. The van der Waals surface area contributed by atoms with E-state index in [-0.39, 0.29) is 25.8 Å². The quantitative estimate of drug-likeness (QED) is 0.101. The van der Waals surface area contributed by atoms with Gasteiger partial charge < -0.3 is 14.4 Å². The number of halogens is 1. The van der Waals surface area contributed by atoms with Crippen LogP contribution in [-0.4, -0.2) is 23.0 Å². The third kappa shape index (κ3) is 6.92. The Morgan fingerprint density at radius 1 is 0.761 bits per heavy atom. The molecule has 0 aliphatic carbocycles. The third-order valence-electron chi connectivity index (χ3n) is 7.86. The molecule has 4 aromatic heterocycles. The van der Waals surface area contributed by atoms with Crippen molar-refractivity contribution < 1.29 is 28.9 Å². The molecule has 233 valence electrons. The van der Waals surface area contributed by atoms with E-state index >= 15 is 0 Å². The second-order valence-electron chi connectivity index (χ2n) is 12.3. The largest absolute Gasteiger partial charge is 0.486 e. The van der Waals surface area contributed by atoms with Crippen molar-refractivity contribution in [3.8, 4) is 33.6 Å².